The van der Waals surface area contributed by atoms with Gasteiger partial charge in [0.05, 0.1) is 18.4 Å². The third kappa shape index (κ3) is 8.09. The minimum absolute atomic E-state index is 0.0133. The minimum atomic E-state index is -2.14. The molecular formula is C21H40N2O5Si2. The molecule has 1 atom stereocenters. The number of carbonyl (C=O) groups excluding carboxylic acids is 2. The van der Waals surface area contributed by atoms with E-state index in [1.165, 1.54) is 4.68 Å². The zero-order valence-corrected chi connectivity index (χ0v) is 22.2. The van der Waals surface area contributed by atoms with Crippen LogP contribution in [0.2, 0.25) is 43.8 Å². The second kappa shape index (κ2) is 10.8. The number of rotatable bonds is 12. The van der Waals surface area contributed by atoms with Crippen molar-refractivity contribution in [1.82, 2.24) is 9.78 Å². The first-order valence-electron chi connectivity index (χ1n) is 10.7. The lowest BCUT2D eigenvalue weighted by Crippen LogP contribution is -2.42. The monoisotopic (exact) mass is 456 g/mol. The normalized spacial score (nSPS) is 13.9. The van der Waals surface area contributed by atoms with Crippen LogP contribution in [-0.4, -0.2) is 51.6 Å². The zero-order valence-electron chi connectivity index (χ0n) is 20.2. The van der Waals surface area contributed by atoms with E-state index in [1.807, 2.05) is 0 Å². The Bertz CT molecular complexity index is 705. The molecule has 1 aromatic heterocycles. The van der Waals surface area contributed by atoms with E-state index in [2.05, 4.69) is 58.6 Å². The Kier molecular flexibility index (Phi) is 9.66. The number of hydrogen-bond donors (Lipinski definition) is 0. The van der Waals surface area contributed by atoms with Gasteiger partial charge in [-0.25, -0.2) is 9.48 Å². The summed E-state index contributed by atoms with van der Waals surface area (Å²) in [5.74, 6) is -0.456. The fourth-order valence-corrected chi connectivity index (χ4v) is 4.48. The number of esters is 1. The Morgan fingerprint density at radius 2 is 1.87 bits per heavy atom. The second-order valence-electron chi connectivity index (χ2n) is 10.3. The highest BCUT2D eigenvalue weighted by Gasteiger charge is 2.40. The van der Waals surface area contributed by atoms with Gasteiger partial charge in [0.2, 0.25) is 0 Å². The van der Waals surface area contributed by atoms with Gasteiger partial charge in [-0.2, -0.15) is 5.10 Å². The summed E-state index contributed by atoms with van der Waals surface area (Å²) in [6, 6.07) is 2.69. The smallest absolute Gasteiger partial charge is 0.356 e. The van der Waals surface area contributed by atoms with Crippen LogP contribution in [0.15, 0.2) is 6.07 Å². The molecule has 1 heterocycles. The van der Waals surface area contributed by atoms with Crippen LogP contribution in [0.5, 0.6) is 0 Å². The van der Waals surface area contributed by atoms with Crippen molar-refractivity contribution < 1.29 is 23.5 Å². The van der Waals surface area contributed by atoms with Crippen LogP contribution < -0.4 is 0 Å². The largest absolute Gasteiger partial charge is 0.461 e. The van der Waals surface area contributed by atoms with Gasteiger partial charge >= 0.3 is 5.97 Å². The van der Waals surface area contributed by atoms with E-state index in [9.17, 15) is 9.59 Å². The lowest BCUT2D eigenvalue weighted by molar-refractivity contribution is -0.109. The van der Waals surface area contributed by atoms with E-state index in [1.54, 1.807) is 13.0 Å². The molecule has 30 heavy (non-hydrogen) atoms. The number of nitrogens with zero attached hydrogens (tertiary/aromatic N) is 2. The highest BCUT2D eigenvalue weighted by atomic mass is 28.4. The Labute approximate surface area is 183 Å². The van der Waals surface area contributed by atoms with Crippen molar-refractivity contribution in [2.75, 3.05) is 13.2 Å². The van der Waals surface area contributed by atoms with E-state index in [4.69, 9.17) is 13.9 Å². The standard InChI is InChI=1S/C21H40N2O5Si2/c1-10-27-20(25)18-15-17(22-23(18)16-26-13-14-29(5,6)7)19(11-12-24)28-30(8,9)21(2,3)4/h12,15,19H,10-11,13-14,16H2,1-9H3. The molecule has 1 unspecified atom stereocenters. The van der Waals surface area contributed by atoms with Gasteiger partial charge in [0.15, 0.2) is 8.32 Å². The zero-order chi connectivity index (χ0) is 23.2. The summed E-state index contributed by atoms with van der Waals surface area (Å²) in [5.41, 5.74) is 0.873. The number of ether oxygens (including phenoxy) is 2. The molecule has 0 aliphatic rings. The summed E-state index contributed by atoms with van der Waals surface area (Å²) >= 11 is 0. The number of carbonyl (C=O) groups is 2. The van der Waals surface area contributed by atoms with E-state index >= 15 is 0 Å². The number of aromatic nitrogens is 2. The highest BCUT2D eigenvalue weighted by molar-refractivity contribution is 6.76. The fourth-order valence-electron chi connectivity index (χ4n) is 2.44. The van der Waals surface area contributed by atoms with Crippen molar-refractivity contribution in [1.29, 1.82) is 0 Å². The molecule has 172 valence electrons. The van der Waals surface area contributed by atoms with Gasteiger partial charge in [-0.3, -0.25) is 0 Å². The van der Waals surface area contributed by atoms with E-state index < -0.39 is 28.5 Å². The molecule has 0 aliphatic heterocycles. The minimum Gasteiger partial charge on any atom is -0.461 e. The second-order valence-corrected chi connectivity index (χ2v) is 20.7. The molecule has 0 spiro atoms. The average Bonchev–Trinajstić information content (AvgIpc) is 3.01. The van der Waals surface area contributed by atoms with E-state index in [-0.39, 0.29) is 24.8 Å². The molecule has 0 aromatic carbocycles. The lowest BCUT2D eigenvalue weighted by Gasteiger charge is -2.38. The maximum absolute atomic E-state index is 12.5. The summed E-state index contributed by atoms with van der Waals surface area (Å²) in [7, 11) is -3.35. The molecule has 7 nitrogen and oxygen atoms in total. The van der Waals surface area contributed by atoms with Gasteiger partial charge in [0, 0.05) is 21.1 Å². The van der Waals surface area contributed by atoms with Gasteiger partial charge in [-0.05, 0) is 37.2 Å². The van der Waals surface area contributed by atoms with Crippen molar-refractivity contribution >= 4 is 28.6 Å². The molecule has 0 radical (unpaired) electrons. The number of hydrogen-bond acceptors (Lipinski definition) is 6. The van der Waals surface area contributed by atoms with Crippen LogP contribution in [0.3, 0.4) is 0 Å². The van der Waals surface area contributed by atoms with Crippen molar-refractivity contribution in [3.63, 3.8) is 0 Å². The molecule has 1 rings (SSSR count). The molecular weight excluding hydrogens is 416 g/mol. The Balaban J connectivity index is 3.13. The highest BCUT2D eigenvalue weighted by Crippen LogP contribution is 2.40. The first-order chi connectivity index (χ1) is 13.7. The van der Waals surface area contributed by atoms with Gasteiger partial charge in [0.25, 0.3) is 0 Å². The van der Waals surface area contributed by atoms with Gasteiger partial charge < -0.3 is 18.7 Å². The molecule has 0 saturated carbocycles. The molecule has 0 N–H and O–H groups in total. The fraction of sp³-hybridized carbons (Fsp3) is 0.762. The van der Waals surface area contributed by atoms with Crippen molar-refractivity contribution in [2.24, 2.45) is 0 Å². The van der Waals surface area contributed by atoms with Crippen LogP contribution in [0.4, 0.5) is 0 Å². The van der Waals surface area contributed by atoms with Crippen molar-refractivity contribution in [3.05, 3.63) is 17.5 Å². The van der Waals surface area contributed by atoms with Gasteiger partial charge in [0.1, 0.15) is 18.7 Å². The van der Waals surface area contributed by atoms with Crippen LogP contribution in [-0.2, 0) is 25.4 Å². The quantitative estimate of drug-likeness (QED) is 0.190. The molecule has 0 saturated heterocycles. The molecule has 0 amide bonds. The van der Waals surface area contributed by atoms with Crippen LogP contribution in [0.25, 0.3) is 0 Å². The Morgan fingerprint density at radius 1 is 1.23 bits per heavy atom. The van der Waals surface area contributed by atoms with Crippen LogP contribution >= 0.6 is 0 Å². The summed E-state index contributed by atoms with van der Waals surface area (Å²) in [5, 5.41) is 4.56. The van der Waals surface area contributed by atoms with Crippen molar-refractivity contribution in [3.8, 4) is 0 Å². The lowest BCUT2D eigenvalue weighted by atomic mass is 10.2. The predicted molar refractivity (Wildman–Crippen MR) is 124 cm³/mol. The summed E-state index contributed by atoms with van der Waals surface area (Å²) in [4.78, 5) is 23.8. The summed E-state index contributed by atoms with van der Waals surface area (Å²) < 4.78 is 19.0. The first-order valence-corrected chi connectivity index (χ1v) is 17.3. The number of aldehydes is 1. The van der Waals surface area contributed by atoms with Crippen LogP contribution in [0.1, 0.15) is 56.4 Å². The predicted octanol–water partition coefficient (Wildman–Crippen LogP) is 5.02. The molecule has 0 bridgehead atoms. The van der Waals surface area contributed by atoms with E-state index in [0.717, 1.165) is 12.3 Å². The summed E-state index contributed by atoms with van der Waals surface area (Å²) in [6.45, 7) is 20.4. The van der Waals surface area contributed by atoms with E-state index in [0.29, 0.717) is 18.0 Å². The first kappa shape index (κ1) is 26.7. The molecule has 0 aliphatic carbocycles. The summed E-state index contributed by atoms with van der Waals surface area (Å²) in [6.07, 6.45) is 0.521. The molecule has 9 heteroatoms. The molecule has 1 aromatic rings. The maximum atomic E-state index is 12.5. The SMILES string of the molecule is CCOC(=O)c1cc(C(CC=O)O[Si](C)(C)C(C)(C)C)nn1COCC[Si](C)(C)C. The maximum Gasteiger partial charge on any atom is 0.356 e. The Hall–Kier alpha value is -1.30. The average molecular weight is 457 g/mol. The third-order valence-corrected chi connectivity index (χ3v) is 11.6. The van der Waals surface area contributed by atoms with Gasteiger partial charge in [-0.1, -0.05) is 40.4 Å². The van der Waals surface area contributed by atoms with Crippen molar-refractivity contribution in [2.45, 2.75) is 90.8 Å². The van der Waals surface area contributed by atoms with Gasteiger partial charge in [-0.15, -0.1) is 0 Å². The topological polar surface area (TPSA) is 79.7 Å². The Morgan fingerprint density at radius 3 is 2.37 bits per heavy atom. The molecule has 0 fully saturated rings. The third-order valence-electron chi connectivity index (χ3n) is 5.38. The van der Waals surface area contributed by atoms with Crippen LogP contribution in [0, 0.1) is 0 Å².